The topological polar surface area (TPSA) is 64.1 Å². The fourth-order valence-corrected chi connectivity index (χ4v) is 4.19. The summed E-state index contributed by atoms with van der Waals surface area (Å²) in [6.07, 6.45) is 4.84. The predicted molar refractivity (Wildman–Crippen MR) is 87.4 cm³/mol. The maximum atomic E-state index is 11.8. The molecule has 0 saturated heterocycles. The number of carbonyl (C=O) groups is 1. The highest BCUT2D eigenvalue weighted by atomic mass is 32.1. The van der Waals surface area contributed by atoms with Crippen LogP contribution in [0, 0.1) is 5.92 Å². The lowest BCUT2D eigenvalue weighted by Gasteiger charge is -2.18. The van der Waals surface area contributed by atoms with Gasteiger partial charge in [-0.3, -0.25) is 4.79 Å². The standard InChI is InChI=1S/C16H21N3O2S/c1-9(2)19-13(20)7-21-15-14-11-5-4-10(3)6-12(11)22-16(14)18-8-17-15/h8-10H,4-7H2,1-3H3,(H,19,20)/t10-/m1/s1. The Morgan fingerprint density at radius 1 is 1.50 bits per heavy atom. The van der Waals surface area contributed by atoms with E-state index in [4.69, 9.17) is 4.74 Å². The van der Waals surface area contributed by atoms with Crippen molar-refractivity contribution in [1.82, 2.24) is 15.3 Å². The smallest absolute Gasteiger partial charge is 0.258 e. The summed E-state index contributed by atoms with van der Waals surface area (Å²) in [4.78, 5) is 22.7. The molecule has 5 nitrogen and oxygen atoms in total. The van der Waals surface area contributed by atoms with Gasteiger partial charge in [-0.05, 0) is 44.6 Å². The molecule has 0 spiro atoms. The van der Waals surface area contributed by atoms with Crippen molar-refractivity contribution < 1.29 is 9.53 Å². The number of ether oxygens (including phenoxy) is 1. The van der Waals surface area contributed by atoms with E-state index >= 15 is 0 Å². The zero-order chi connectivity index (χ0) is 15.7. The molecule has 0 unspecified atom stereocenters. The van der Waals surface area contributed by atoms with E-state index in [0.29, 0.717) is 5.88 Å². The zero-order valence-electron chi connectivity index (χ0n) is 13.2. The van der Waals surface area contributed by atoms with Gasteiger partial charge in [-0.2, -0.15) is 0 Å². The predicted octanol–water partition coefficient (Wildman–Crippen LogP) is 2.72. The maximum Gasteiger partial charge on any atom is 0.258 e. The number of rotatable bonds is 4. The molecule has 1 atom stereocenters. The number of fused-ring (bicyclic) bond motifs is 3. The molecule has 1 aliphatic rings. The van der Waals surface area contributed by atoms with Crippen molar-refractivity contribution in [3.8, 4) is 5.88 Å². The van der Waals surface area contributed by atoms with Crippen molar-refractivity contribution in [3.63, 3.8) is 0 Å². The van der Waals surface area contributed by atoms with Crippen LogP contribution >= 0.6 is 11.3 Å². The highest BCUT2D eigenvalue weighted by Crippen LogP contribution is 2.40. The van der Waals surface area contributed by atoms with Gasteiger partial charge in [-0.15, -0.1) is 11.3 Å². The van der Waals surface area contributed by atoms with Gasteiger partial charge in [0.2, 0.25) is 5.88 Å². The van der Waals surface area contributed by atoms with Crippen molar-refractivity contribution in [1.29, 1.82) is 0 Å². The van der Waals surface area contributed by atoms with Crippen molar-refractivity contribution in [2.24, 2.45) is 5.92 Å². The first-order valence-corrected chi connectivity index (χ1v) is 8.53. The minimum Gasteiger partial charge on any atom is -0.467 e. The van der Waals surface area contributed by atoms with Crippen LogP contribution in [0.15, 0.2) is 6.33 Å². The number of aromatic nitrogens is 2. The monoisotopic (exact) mass is 319 g/mol. The average Bonchev–Trinajstić information content (AvgIpc) is 2.82. The summed E-state index contributed by atoms with van der Waals surface area (Å²) in [5.41, 5.74) is 1.32. The molecule has 0 bridgehead atoms. The van der Waals surface area contributed by atoms with E-state index in [1.165, 1.54) is 23.2 Å². The summed E-state index contributed by atoms with van der Waals surface area (Å²) >= 11 is 1.73. The summed E-state index contributed by atoms with van der Waals surface area (Å²) in [5, 5.41) is 3.82. The number of thiophene rings is 1. The van der Waals surface area contributed by atoms with E-state index in [1.807, 2.05) is 13.8 Å². The first-order chi connectivity index (χ1) is 10.5. The molecule has 0 aromatic carbocycles. The minimum absolute atomic E-state index is 0.00861. The number of amides is 1. The maximum absolute atomic E-state index is 11.8. The van der Waals surface area contributed by atoms with Gasteiger partial charge in [0.25, 0.3) is 5.91 Å². The van der Waals surface area contributed by atoms with E-state index in [9.17, 15) is 4.79 Å². The van der Waals surface area contributed by atoms with Crippen LogP contribution in [0.1, 0.15) is 37.6 Å². The Balaban J connectivity index is 1.85. The molecule has 2 aromatic rings. The number of nitrogens with one attached hydrogen (secondary N) is 1. The Morgan fingerprint density at radius 3 is 3.09 bits per heavy atom. The van der Waals surface area contributed by atoms with Crippen LogP contribution in [-0.4, -0.2) is 28.5 Å². The van der Waals surface area contributed by atoms with Gasteiger partial charge in [0.1, 0.15) is 11.2 Å². The third kappa shape index (κ3) is 3.06. The molecule has 6 heteroatoms. The lowest BCUT2D eigenvalue weighted by Crippen LogP contribution is -2.34. The van der Waals surface area contributed by atoms with Crippen LogP contribution in [0.2, 0.25) is 0 Å². The lowest BCUT2D eigenvalue weighted by atomic mass is 9.89. The molecule has 0 radical (unpaired) electrons. The van der Waals surface area contributed by atoms with E-state index in [1.54, 1.807) is 11.3 Å². The molecule has 0 fully saturated rings. The highest BCUT2D eigenvalue weighted by molar-refractivity contribution is 7.18. The van der Waals surface area contributed by atoms with Crippen LogP contribution in [0.4, 0.5) is 0 Å². The minimum atomic E-state index is -0.125. The molecule has 0 aliphatic heterocycles. The van der Waals surface area contributed by atoms with Crippen molar-refractivity contribution in [2.75, 3.05) is 6.61 Å². The molecule has 3 rings (SSSR count). The Kier molecular flexibility index (Phi) is 4.29. The van der Waals surface area contributed by atoms with Gasteiger partial charge in [0, 0.05) is 10.9 Å². The molecule has 118 valence electrons. The number of carbonyl (C=O) groups excluding carboxylic acids is 1. The molecule has 22 heavy (non-hydrogen) atoms. The van der Waals surface area contributed by atoms with Crippen LogP contribution in [-0.2, 0) is 17.6 Å². The first-order valence-electron chi connectivity index (χ1n) is 7.72. The molecule has 2 heterocycles. The molecular weight excluding hydrogens is 298 g/mol. The average molecular weight is 319 g/mol. The number of hydrogen-bond acceptors (Lipinski definition) is 5. The molecule has 0 saturated carbocycles. The Bertz CT molecular complexity index is 696. The molecule has 1 aliphatic carbocycles. The summed E-state index contributed by atoms with van der Waals surface area (Å²) in [5.74, 6) is 1.13. The van der Waals surface area contributed by atoms with Crippen molar-refractivity contribution in [3.05, 3.63) is 16.8 Å². The van der Waals surface area contributed by atoms with Gasteiger partial charge < -0.3 is 10.1 Å². The largest absolute Gasteiger partial charge is 0.467 e. The van der Waals surface area contributed by atoms with Crippen LogP contribution < -0.4 is 10.1 Å². The molecule has 1 amide bonds. The number of hydrogen-bond donors (Lipinski definition) is 1. The van der Waals surface area contributed by atoms with E-state index in [-0.39, 0.29) is 18.6 Å². The quantitative estimate of drug-likeness (QED) is 0.941. The zero-order valence-corrected chi connectivity index (χ0v) is 14.0. The lowest BCUT2D eigenvalue weighted by molar-refractivity contribution is -0.123. The van der Waals surface area contributed by atoms with Gasteiger partial charge in [-0.1, -0.05) is 6.92 Å². The molecule has 2 aromatic heterocycles. The van der Waals surface area contributed by atoms with Gasteiger partial charge in [0.15, 0.2) is 6.61 Å². The SMILES string of the molecule is CC(C)NC(=O)COc1ncnc2sc3c(c12)CC[C@@H](C)C3. The summed E-state index contributed by atoms with van der Waals surface area (Å²) < 4.78 is 5.68. The second-order valence-corrected chi connectivity index (χ2v) is 7.31. The second kappa shape index (κ2) is 6.20. The fourth-order valence-electron chi connectivity index (χ4n) is 2.85. The van der Waals surface area contributed by atoms with Crippen LogP contribution in [0.3, 0.4) is 0 Å². The van der Waals surface area contributed by atoms with Crippen molar-refractivity contribution in [2.45, 2.75) is 46.1 Å². The Labute approximate surface area is 134 Å². The highest BCUT2D eigenvalue weighted by Gasteiger charge is 2.23. The fraction of sp³-hybridized carbons (Fsp3) is 0.562. The molecular formula is C16H21N3O2S. The van der Waals surface area contributed by atoms with E-state index < -0.39 is 0 Å². The summed E-state index contributed by atoms with van der Waals surface area (Å²) in [6.45, 7) is 6.13. The van der Waals surface area contributed by atoms with E-state index in [2.05, 4.69) is 22.2 Å². The second-order valence-electron chi connectivity index (χ2n) is 6.22. The van der Waals surface area contributed by atoms with E-state index in [0.717, 1.165) is 29.0 Å². The summed E-state index contributed by atoms with van der Waals surface area (Å²) in [6, 6.07) is 0.108. The third-order valence-electron chi connectivity index (χ3n) is 3.85. The summed E-state index contributed by atoms with van der Waals surface area (Å²) in [7, 11) is 0. The van der Waals surface area contributed by atoms with Crippen LogP contribution in [0.5, 0.6) is 5.88 Å². The number of aryl methyl sites for hydroxylation is 1. The third-order valence-corrected chi connectivity index (χ3v) is 5.01. The number of nitrogens with zero attached hydrogens (tertiary/aromatic N) is 2. The van der Waals surface area contributed by atoms with Gasteiger partial charge in [0.05, 0.1) is 5.39 Å². The first kappa shape index (κ1) is 15.2. The van der Waals surface area contributed by atoms with Gasteiger partial charge >= 0.3 is 0 Å². The van der Waals surface area contributed by atoms with Crippen molar-refractivity contribution >= 4 is 27.5 Å². The van der Waals surface area contributed by atoms with Gasteiger partial charge in [-0.25, -0.2) is 9.97 Å². The normalized spacial score (nSPS) is 17.5. The van der Waals surface area contributed by atoms with Crippen LogP contribution in [0.25, 0.3) is 10.2 Å². The Morgan fingerprint density at radius 2 is 2.32 bits per heavy atom. The Hall–Kier alpha value is -1.69. The molecule has 1 N–H and O–H groups in total.